The van der Waals surface area contributed by atoms with E-state index in [0.29, 0.717) is 11.3 Å². The molecule has 0 saturated carbocycles. The Kier molecular flexibility index (Phi) is 6.27. The van der Waals surface area contributed by atoms with Gasteiger partial charge in [0, 0.05) is 5.70 Å². The second-order valence-electron chi connectivity index (χ2n) is 5.80. The molecule has 1 aromatic carbocycles. The molecule has 1 heterocycles. The molecule has 0 spiro atoms. The molecular weight excluding hydrogens is 356 g/mol. The molecule has 0 unspecified atom stereocenters. The monoisotopic (exact) mass is 378 g/mol. The molecule has 1 aliphatic heterocycles. The first-order chi connectivity index (χ1) is 12.8. The highest BCUT2D eigenvalue weighted by atomic mass is 16.5. The zero-order valence-corrected chi connectivity index (χ0v) is 15.5. The first-order valence-corrected chi connectivity index (χ1v) is 8.31. The van der Waals surface area contributed by atoms with E-state index in [1.54, 1.807) is 26.0 Å². The predicted octanol–water partition coefficient (Wildman–Crippen LogP) is 1.74. The minimum absolute atomic E-state index is 0.194. The van der Waals surface area contributed by atoms with Crippen LogP contribution in [0, 0.1) is 0 Å². The van der Waals surface area contributed by atoms with Crippen LogP contribution < -0.4 is 20.1 Å². The first kappa shape index (κ1) is 20.1. The Hall–Kier alpha value is -3.23. The van der Waals surface area contributed by atoms with Crippen LogP contribution in [0.2, 0.25) is 0 Å². The number of hydrogen-bond acceptors (Lipinski definition) is 6. The van der Waals surface area contributed by atoms with E-state index in [0.717, 1.165) is 0 Å². The maximum atomic E-state index is 12.3. The molecule has 9 heteroatoms. The lowest BCUT2D eigenvalue weighted by atomic mass is 9.95. The Morgan fingerprint density at radius 1 is 1.30 bits per heavy atom. The molecule has 146 valence electrons. The number of carbonyl (C=O) groups is 3. The number of esters is 1. The van der Waals surface area contributed by atoms with E-state index in [1.807, 2.05) is 0 Å². The summed E-state index contributed by atoms with van der Waals surface area (Å²) in [4.78, 5) is 35.2. The Bertz CT molecular complexity index is 788. The Labute approximate surface area is 156 Å². The van der Waals surface area contributed by atoms with Gasteiger partial charge in [-0.2, -0.15) is 0 Å². The summed E-state index contributed by atoms with van der Waals surface area (Å²) in [5, 5.41) is 14.2. The van der Waals surface area contributed by atoms with Gasteiger partial charge in [0.1, 0.15) is 0 Å². The summed E-state index contributed by atoms with van der Waals surface area (Å²) >= 11 is 0. The molecule has 0 aromatic heterocycles. The molecule has 27 heavy (non-hydrogen) atoms. The van der Waals surface area contributed by atoms with Crippen LogP contribution in [-0.4, -0.2) is 42.9 Å². The summed E-state index contributed by atoms with van der Waals surface area (Å²) in [7, 11) is 1.41. The number of carboxylic acid groups (broad SMARTS) is 1. The molecule has 1 aromatic rings. The lowest BCUT2D eigenvalue weighted by Gasteiger charge is -2.28. The number of aliphatic carboxylic acids is 1. The van der Waals surface area contributed by atoms with Crippen LogP contribution in [-0.2, 0) is 14.3 Å². The van der Waals surface area contributed by atoms with Gasteiger partial charge >= 0.3 is 18.0 Å². The van der Waals surface area contributed by atoms with Gasteiger partial charge in [-0.05, 0) is 38.5 Å². The highest BCUT2D eigenvalue weighted by molar-refractivity contribution is 5.95. The van der Waals surface area contributed by atoms with Crippen LogP contribution in [0.5, 0.6) is 11.5 Å². The van der Waals surface area contributed by atoms with Gasteiger partial charge in [-0.25, -0.2) is 14.4 Å². The number of benzene rings is 1. The van der Waals surface area contributed by atoms with E-state index >= 15 is 0 Å². The normalized spacial score (nSPS) is 17.5. The van der Waals surface area contributed by atoms with Gasteiger partial charge in [0.2, 0.25) is 0 Å². The average Bonchev–Trinajstić information content (AvgIpc) is 2.61. The summed E-state index contributed by atoms with van der Waals surface area (Å²) in [6.45, 7) is 4.89. The number of nitrogens with one attached hydrogen (secondary N) is 2. The fourth-order valence-corrected chi connectivity index (χ4v) is 2.63. The lowest BCUT2D eigenvalue weighted by Crippen LogP contribution is -2.45. The minimum atomic E-state index is -1.12. The van der Waals surface area contributed by atoms with Gasteiger partial charge < -0.3 is 30.0 Å². The van der Waals surface area contributed by atoms with E-state index in [1.165, 1.54) is 20.1 Å². The molecule has 0 radical (unpaired) electrons. The van der Waals surface area contributed by atoms with E-state index in [9.17, 15) is 14.4 Å². The quantitative estimate of drug-likeness (QED) is 0.618. The van der Waals surface area contributed by atoms with Crippen LogP contribution in [0.4, 0.5) is 4.79 Å². The zero-order valence-electron chi connectivity index (χ0n) is 15.5. The molecule has 9 nitrogen and oxygen atoms in total. The summed E-state index contributed by atoms with van der Waals surface area (Å²) in [5.41, 5.74) is 1.21. The number of hydrogen-bond donors (Lipinski definition) is 3. The SMILES string of the molecule is CCOC(=O)C1=C(C)NC(=O)N[C@@H]1c1ccc(O[C@@H](C)C(=O)O)c(OC)c1. The molecule has 0 fully saturated rings. The van der Waals surface area contributed by atoms with Crippen molar-refractivity contribution in [2.75, 3.05) is 13.7 Å². The highest BCUT2D eigenvalue weighted by Gasteiger charge is 2.32. The molecular formula is C18H22N2O7. The van der Waals surface area contributed by atoms with E-state index < -0.39 is 30.1 Å². The molecule has 0 bridgehead atoms. The van der Waals surface area contributed by atoms with Gasteiger partial charge in [0.15, 0.2) is 17.6 Å². The molecule has 3 N–H and O–H groups in total. The van der Waals surface area contributed by atoms with Crippen molar-refractivity contribution < 1.29 is 33.7 Å². The molecule has 2 atom stereocenters. The van der Waals surface area contributed by atoms with E-state index in [-0.39, 0.29) is 23.7 Å². The maximum absolute atomic E-state index is 12.3. The van der Waals surface area contributed by atoms with Gasteiger partial charge in [-0.15, -0.1) is 0 Å². The third kappa shape index (κ3) is 4.49. The fourth-order valence-electron chi connectivity index (χ4n) is 2.63. The first-order valence-electron chi connectivity index (χ1n) is 8.31. The Morgan fingerprint density at radius 3 is 2.59 bits per heavy atom. The van der Waals surface area contributed by atoms with Crippen LogP contribution in [0.1, 0.15) is 32.4 Å². The number of carboxylic acids is 1. The summed E-state index contributed by atoms with van der Waals surface area (Å²) in [5.74, 6) is -1.16. The third-order valence-electron chi connectivity index (χ3n) is 3.94. The fraction of sp³-hybridized carbons (Fsp3) is 0.389. The standard InChI is InChI=1S/C18H22N2O7/c1-5-26-17(23)14-9(2)19-18(24)20-15(14)11-6-7-12(13(8-11)25-4)27-10(3)16(21)22/h6-8,10,15H,5H2,1-4H3,(H,21,22)(H2,19,20,24)/t10-,15+/m0/s1. The molecule has 0 saturated heterocycles. The van der Waals surface area contributed by atoms with Crippen LogP contribution in [0.15, 0.2) is 29.5 Å². The van der Waals surface area contributed by atoms with Gasteiger partial charge in [0.25, 0.3) is 0 Å². The second kappa shape index (κ2) is 8.43. The summed E-state index contributed by atoms with van der Waals surface area (Å²) < 4.78 is 15.7. The van der Waals surface area contributed by atoms with Crippen molar-refractivity contribution in [3.8, 4) is 11.5 Å². The largest absolute Gasteiger partial charge is 0.493 e. The lowest BCUT2D eigenvalue weighted by molar-refractivity contribution is -0.144. The van der Waals surface area contributed by atoms with Crippen molar-refractivity contribution in [1.29, 1.82) is 0 Å². The topological polar surface area (TPSA) is 123 Å². The smallest absolute Gasteiger partial charge is 0.344 e. The van der Waals surface area contributed by atoms with Crippen molar-refractivity contribution in [2.45, 2.75) is 32.9 Å². The molecule has 1 aliphatic rings. The van der Waals surface area contributed by atoms with E-state index in [4.69, 9.17) is 19.3 Å². The van der Waals surface area contributed by atoms with Gasteiger partial charge in [-0.1, -0.05) is 6.07 Å². The maximum Gasteiger partial charge on any atom is 0.344 e. The Balaban J connectivity index is 2.42. The molecule has 2 rings (SSSR count). The minimum Gasteiger partial charge on any atom is -0.493 e. The number of rotatable bonds is 7. The highest BCUT2D eigenvalue weighted by Crippen LogP contribution is 2.35. The van der Waals surface area contributed by atoms with Gasteiger partial charge in [-0.3, -0.25) is 0 Å². The number of carbonyl (C=O) groups excluding carboxylic acids is 2. The number of allylic oxidation sites excluding steroid dienone is 1. The number of methoxy groups -OCH3 is 1. The zero-order chi connectivity index (χ0) is 20.1. The van der Waals surface area contributed by atoms with E-state index in [2.05, 4.69) is 10.6 Å². The van der Waals surface area contributed by atoms with Crippen LogP contribution in [0.25, 0.3) is 0 Å². The number of urea groups is 1. The summed E-state index contributed by atoms with van der Waals surface area (Å²) in [6.07, 6.45) is -1.07. The average molecular weight is 378 g/mol. The van der Waals surface area contributed by atoms with Crippen LogP contribution in [0.3, 0.4) is 0 Å². The number of ether oxygens (including phenoxy) is 3. The van der Waals surface area contributed by atoms with Crippen molar-refractivity contribution >= 4 is 18.0 Å². The van der Waals surface area contributed by atoms with Crippen molar-refractivity contribution in [3.05, 3.63) is 35.0 Å². The predicted molar refractivity (Wildman–Crippen MR) is 94.5 cm³/mol. The molecule has 0 aliphatic carbocycles. The number of amides is 2. The second-order valence-corrected chi connectivity index (χ2v) is 5.80. The third-order valence-corrected chi connectivity index (χ3v) is 3.94. The van der Waals surface area contributed by atoms with Crippen molar-refractivity contribution in [3.63, 3.8) is 0 Å². The molecule has 2 amide bonds. The van der Waals surface area contributed by atoms with Crippen molar-refractivity contribution in [1.82, 2.24) is 10.6 Å². The summed E-state index contributed by atoms with van der Waals surface area (Å²) in [6, 6.07) is 3.52. The van der Waals surface area contributed by atoms with Gasteiger partial charge in [0.05, 0.1) is 25.3 Å². The van der Waals surface area contributed by atoms with Crippen molar-refractivity contribution in [2.24, 2.45) is 0 Å². The Morgan fingerprint density at radius 2 is 2.00 bits per heavy atom. The van der Waals surface area contributed by atoms with Crippen LogP contribution >= 0.6 is 0 Å².